The number of anilines is 3. The predicted octanol–water partition coefficient (Wildman–Crippen LogP) is 2.99. The van der Waals surface area contributed by atoms with E-state index in [0.717, 1.165) is 0 Å². The zero-order chi connectivity index (χ0) is 18.4. The number of nitrogens with one attached hydrogen (secondary N) is 1. The van der Waals surface area contributed by atoms with Gasteiger partial charge in [0.2, 0.25) is 11.6 Å². The van der Waals surface area contributed by atoms with Crippen LogP contribution in [0.3, 0.4) is 0 Å². The van der Waals surface area contributed by atoms with E-state index in [9.17, 15) is 10.1 Å². The van der Waals surface area contributed by atoms with Gasteiger partial charge in [-0.05, 0) is 26.0 Å². The summed E-state index contributed by atoms with van der Waals surface area (Å²) >= 11 is 0. The van der Waals surface area contributed by atoms with Crippen molar-refractivity contribution in [2.45, 2.75) is 13.8 Å². The van der Waals surface area contributed by atoms with Crippen LogP contribution >= 0.6 is 0 Å². The summed E-state index contributed by atoms with van der Waals surface area (Å²) in [5.41, 5.74) is 0.361. The highest BCUT2D eigenvalue weighted by Gasteiger charge is 2.26. The SMILES string of the molecule is CCN(CC)c1ncnc(Nc2ccc(OC)cc2OC)c1[N+](=O)[O-]. The van der Waals surface area contributed by atoms with Crippen molar-refractivity contribution >= 4 is 23.0 Å². The van der Waals surface area contributed by atoms with Gasteiger partial charge in [0, 0.05) is 19.2 Å². The second kappa shape index (κ2) is 8.13. The summed E-state index contributed by atoms with van der Waals surface area (Å²) in [4.78, 5) is 21.1. The Morgan fingerprint density at radius 2 is 1.92 bits per heavy atom. The van der Waals surface area contributed by atoms with Crippen LogP contribution in [0.15, 0.2) is 24.5 Å². The molecule has 1 aromatic carbocycles. The highest BCUT2D eigenvalue weighted by atomic mass is 16.6. The normalized spacial score (nSPS) is 10.2. The molecule has 0 unspecified atom stereocenters. The molecule has 134 valence electrons. The lowest BCUT2D eigenvalue weighted by Gasteiger charge is -2.20. The van der Waals surface area contributed by atoms with Crippen molar-refractivity contribution < 1.29 is 14.4 Å². The predicted molar refractivity (Wildman–Crippen MR) is 95.1 cm³/mol. The first kappa shape index (κ1) is 18.2. The van der Waals surface area contributed by atoms with Crippen LogP contribution in [0.2, 0.25) is 0 Å². The average molecular weight is 347 g/mol. The Morgan fingerprint density at radius 1 is 1.20 bits per heavy atom. The quantitative estimate of drug-likeness (QED) is 0.574. The van der Waals surface area contributed by atoms with Crippen molar-refractivity contribution in [2.24, 2.45) is 0 Å². The molecule has 0 fully saturated rings. The smallest absolute Gasteiger partial charge is 0.353 e. The molecule has 2 aromatic rings. The van der Waals surface area contributed by atoms with E-state index in [1.54, 1.807) is 30.2 Å². The van der Waals surface area contributed by atoms with E-state index in [4.69, 9.17) is 9.47 Å². The first-order valence-electron chi connectivity index (χ1n) is 7.79. The molecule has 25 heavy (non-hydrogen) atoms. The fourth-order valence-corrected chi connectivity index (χ4v) is 2.41. The number of hydrogen-bond donors (Lipinski definition) is 1. The van der Waals surface area contributed by atoms with Gasteiger partial charge in [0.25, 0.3) is 0 Å². The van der Waals surface area contributed by atoms with Gasteiger partial charge in [0.05, 0.1) is 24.8 Å². The van der Waals surface area contributed by atoms with Gasteiger partial charge in [-0.25, -0.2) is 9.97 Å². The van der Waals surface area contributed by atoms with Gasteiger partial charge in [-0.15, -0.1) is 0 Å². The molecular formula is C16H21N5O4. The summed E-state index contributed by atoms with van der Waals surface area (Å²) in [7, 11) is 3.06. The summed E-state index contributed by atoms with van der Waals surface area (Å²) in [5, 5.41) is 14.6. The molecule has 0 atom stereocenters. The molecule has 0 spiro atoms. The van der Waals surface area contributed by atoms with Crippen molar-refractivity contribution in [2.75, 3.05) is 37.5 Å². The Labute approximate surface area is 145 Å². The second-order valence-corrected chi connectivity index (χ2v) is 5.02. The molecule has 9 nitrogen and oxygen atoms in total. The lowest BCUT2D eigenvalue weighted by molar-refractivity contribution is -0.383. The van der Waals surface area contributed by atoms with Gasteiger partial charge in [0.15, 0.2) is 0 Å². The Balaban J connectivity index is 2.50. The molecule has 0 amide bonds. The maximum atomic E-state index is 11.6. The maximum Gasteiger partial charge on any atom is 0.353 e. The van der Waals surface area contributed by atoms with E-state index in [2.05, 4.69) is 15.3 Å². The van der Waals surface area contributed by atoms with Gasteiger partial charge in [0.1, 0.15) is 17.8 Å². The van der Waals surface area contributed by atoms with Gasteiger partial charge in [-0.1, -0.05) is 0 Å². The minimum Gasteiger partial charge on any atom is -0.497 e. The summed E-state index contributed by atoms with van der Waals surface area (Å²) in [6.45, 7) is 5.02. The zero-order valence-electron chi connectivity index (χ0n) is 14.6. The van der Waals surface area contributed by atoms with Crippen molar-refractivity contribution in [3.63, 3.8) is 0 Å². The third-order valence-corrected chi connectivity index (χ3v) is 3.71. The van der Waals surface area contributed by atoms with Crippen LogP contribution in [0.5, 0.6) is 11.5 Å². The molecule has 0 saturated heterocycles. The monoisotopic (exact) mass is 347 g/mol. The highest BCUT2D eigenvalue weighted by Crippen LogP contribution is 2.37. The molecule has 1 aromatic heterocycles. The van der Waals surface area contributed by atoms with E-state index in [1.165, 1.54) is 13.4 Å². The van der Waals surface area contributed by atoms with Crippen molar-refractivity contribution in [1.29, 1.82) is 0 Å². The number of ether oxygens (including phenoxy) is 2. The molecule has 0 aliphatic carbocycles. The minimum atomic E-state index is -0.480. The van der Waals surface area contributed by atoms with E-state index in [0.29, 0.717) is 30.3 Å². The van der Waals surface area contributed by atoms with Crippen LogP contribution in [0.4, 0.5) is 23.0 Å². The van der Waals surface area contributed by atoms with E-state index in [-0.39, 0.29) is 17.3 Å². The zero-order valence-corrected chi connectivity index (χ0v) is 14.6. The average Bonchev–Trinajstić information content (AvgIpc) is 2.63. The van der Waals surface area contributed by atoms with E-state index in [1.807, 2.05) is 13.8 Å². The van der Waals surface area contributed by atoms with Crippen LogP contribution in [0.1, 0.15) is 13.8 Å². The number of methoxy groups -OCH3 is 2. The third-order valence-electron chi connectivity index (χ3n) is 3.71. The Morgan fingerprint density at radius 3 is 2.48 bits per heavy atom. The van der Waals surface area contributed by atoms with E-state index < -0.39 is 4.92 Å². The molecule has 0 saturated carbocycles. The molecule has 0 aliphatic rings. The van der Waals surface area contributed by atoms with Crippen LogP contribution in [0, 0.1) is 10.1 Å². The number of benzene rings is 1. The fraction of sp³-hybridized carbons (Fsp3) is 0.375. The first-order chi connectivity index (χ1) is 12.0. The molecule has 0 aliphatic heterocycles. The van der Waals surface area contributed by atoms with Gasteiger partial charge in [-0.2, -0.15) is 0 Å². The number of nitro groups is 1. The summed E-state index contributed by atoms with van der Waals surface area (Å²) in [5.74, 6) is 1.48. The largest absolute Gasteiger partial charge is 0.497 e. The van der Waals surface area contributed by atoms with Crippen LogP contribution < -0.4 is 19.7 Å². The van der Waals surface area contributed by atoms with Crippen LogP contribution in [-0.2, 0) is 0 Å². The fourth-order valence-electron chi connectivity index (χ4n) is 2.41. The lowest BCUT2D eigenvalue weighted by Crippen LogP contribution is -2.24. The molecular weight excluding hydrogens is 326 g/mol. The standard InChI is InChI=1S/C16H21N5O4/c1-5-20(6-2)16-14(21(22)23)15(17-10-18-16)19-12-8-7-11(24-3)9-13(12)25-4/h7-10H,5-6H2,1-4H3,(H,17,18,19). The number of hydrogen-bond acceptors (Lipinski definition) is 8. The Bertz CT molecular complexity index is 749. The van der Waals surface area contributed by atoms with Crippen LogP contribution in [0.25, 0.3) is 0 Å². The van der Waals surface area contributed by atoms with Crippen molar-refractivity contribution in [3.05, 3.63) is 34.6 Å². The number of rotatable bonds is 8. The number of aromatic nitrogens is 2. The second-order valence-electron chi connectivity index (χ2n) is 5.02. The molecule has 9 heteroatoms. The molecule has 0 bridgehead atoms. The molecule has 1 N–H and O–H groups in total. The van der Waals surface area contributed by atoms with E-state index >= 15 is 0 Å². The highest BCUT2D eigenvalue weighted by molar-refractivity contribution is 5.76. The van der Waals surface area contributed by atoms with Gasteiger partial charge in [-0.3, -0.25) is 10.1 Å². The summed E-state index contributed by atoms with van der Waals surface area (Å²) in [6, 6.07) is 5.12. The topological polar surface area (TPSA) is 103 Å². The summed E-state index contributed by atoms with van der Waals surface area (Å²) in [6.07, 6.45) is 1.30. The lowest BCUT2D eigenvalue weighted by atomic mass is 10.2. The summed E-state index contributed by atoms with van der Waals surface area (Å²) < 4.78 is 10.5. The van der Waals surface area contributed by atoms with Gasteiger partial charge >= 0.3 is 5.69 Å². The molecule has 1 heterocycles. The molecule has 2 rings (SSSR count). The van der Waals surface area contributed by atoms with Crippen molar-refractivity contribution in [1.82, 2.24) is 9.97 Å². The Hall–Kier alpha value is -3.10. The van der Waals surface area contributed by atoms with Crippen molar-refractivity contribution in [3.8, 4) is 11.5 Å². The number of nitrogens with zero attached hydrogens (tertiary/aromatic N) is 4. The van der Waals surface area contributed by atoms with Gasteiger partial charge < -0.3 is 19.7 Å². The molecule has 0 radical (unpaired) electrons. The maximum absolute atomic E-state index is 11.6. The minimum absolute atomic E-state index is 0.102. The Kier molecular flexibility index (Phi) is 5.93. The van der Waals surface area contributed by atoms with Crippen LogP contribution in [-0.4, -0.2) is 42.2 Å². The first-order valence-corrected chi connectivity index (χ1v) is 7.79. The third kappa shape index (κ3) is 3.87.